The van der Waals surface area contributed by atoms with Crippen LogP contribution in [0.3, 0.4) is 0 Å². The number of aromatic hydroxyl groups is 1. The van der Waals surface area contributed by atoms with Crippen LogP contribution in [0.15, 0.2) is 66.7 Å². The molecule has 0 spiro atoms. The topological polar surface area (TPSA) is 58.6 Å². The molecule has 1 amide bonds. The third-order valence-electron chi connectivity index (χ3n) is 5.10. The van der Waals surface area contributed by atoms with Crippen LogP contribution in [-0.2, 0) is 10.8 Å². The van der Waals surface area contributed by atoms with Gasteiger partial charge in [0, 0.05) is 5.69 Å². The van der Waals surface area contributed by atoms with E-state index < -0.39 is 0 Å². The predicted octanol–water partition coefficient (Wildman–Crippen LogP) is 7.03. The molecule has 0 atom stereocenters. The van der Waals surface area contributed by atoms with Crippen LogP contribution >= 0.6 is 0 Å². The van der Waals surface area contributed by atoms with Crippen LogP contribution in [0.4, 0.5) is 5.69 Å². The third kappa shape index (κ3) is 5.66. The molecule has 4 nitrogen and oxygen atoms in total. The number of carbonyl (C=O) groups is 1. The van der Waals surface area contributed by atoms with E-state index in [9.17, 15) is 9.90 Å². The summed E-state index contributed by atoms with van der Waals surface area (Å²) in [4.78, 5) is 13.2. The quantitative estimate of drug-likeness (QED) is 0.479. The molecule has 0 saturated carbocycles. The van der Waals surface area contributed by atoms with Crippen LogP contribution in [0.25, 0.3) is 0 Å². The molecule has 4 heteroatoms. The smallest absolute Gasteiger partial charge is 0.259 e. The molecular weight excluding hydrogens is 386 g/mol. The number of hydrogen-bond donors (Lipinski definition) is 2. The fraction of sp³-hybridized carbons (Fsp3) is 0.296. The maximum Gasteiger partial charge on any atom is 0.259 e. The van der Waals surface area contributed by atoms with Crippen LogP contribution in [0.1, 0.15) is 63.0 Å². The summed E-state index contributed by atoms with van der Waals surface area (Å²) in [6, 6.07) is 20.0. The number of benzene rings is 3. The van der Waals surface area contributed by atoms with Crippen LogP contribution in [0.2, 0.25) is 0 Å². The molecule has 0 aliphatic carbocycles. The molecule has 0 saturated heterocycles. The lowest BCUT2D eigenvalue weighted by molar-refractivity contribution is 0.102. The highest BCUT2D eigenvalue weighted by Crippen LogP contribution is 2.33. The number of phenolic OH excluding ortho intramolecular Hbond substituents is 1. The fourth-order valence-electron chi connectivity index (χ4n) is 3.16. The second-order valence-corrected chi connectivity index (χ2v) is 9.85. The summed E-state index contributed by atoms with van der Waals surface area (Å²) >= 11 is 0. The van der Waals surface area contributed by atoms with Gasteiger partial charge in [-0.2, -0.15) is 0 Å². The zero-order chi connectivity index (χ0) is 22.8. The fourth-order valence-corrected chi connectivity index (χ4v) is 3.16. The Hall–Kier alpha value is -3.27. The molecule has 2 N–H and O–H groups in total. The van der Waals surface area contributed by atoms with Gasteiger partial charge in [0.2, 0.25) is 0 Å². The number of carbonyl (C=O) groups excluding carboxylic acids is 1. The number of anilines is 1. The van der Waals surface area contributed by atoms with Crippen molar-refractivity contribution in [3.05, 3.63) is 83.4 Å². The molecule has 31 heavy (non-hydrogen) atoms. The molecule has 0 aliphatic rings. The highest BCUT2D eigenvalue weighted by atomic mass is 16.5. The van der Waals surface area contributed by atoms with Crippen LogP contribution in [0, 0.1) is 0 Å². The zero-order valence-electron chi connectivity index (χ0n) is 19.1. The summed E-state index contributed by atoms with van der Waals surface area (Å²) in [5.74, 6) is 0.661. The zero-order valence-corrected chi connectivity index (χ0v) is 19.1. The Kier molecular flexibility index (Phi) is 6.12. The minimum Gasteiger partial charge on any atom is -0.508 e. The largest absolute Gasteiger partial charge is 0.508 e. The molecule has 0 aromatic heterocycles. The number of nitrogens with one attached hydrogen (secondary N) is 1. The molecule has 0 aliphatic heterocycles. The molecule has 0 radical (unpaired) electrons. The van der Waals surface area contributed by atoms with Gasteiger partial charge in [-0.05, 0) is 64.4 Å². The van der Waals surface area contributed by atoms with E-state index >= 15 is 0 Å². The average molecular weight is 418 g/mol. The summed E-state index contributed by atoms with van der Waals surface area (Å²) in [6.45, 7) is 12.9. The van der Waals surface area contributed by atoms with E-state index in [-0.39, 0.29) is 28.1 Å². The first-order chi connectivity index (χ1) is 14.4. The molecule has 0 unspecified atom stereocenters. The van der Waals surface area contributed by atoms with E-state index in [4.69, 9.17) is 4.74 Å². The van der Waals surface area contributed by atoms with Crippen LogP contribution < -0.4 is 10.1 Å². The van der Waals surface area contributed by atoms with Gasteiger partial charge >= 0.3 is 0 Å². The van der Waals surface area contributed by atoms with Gasteiger partial charge in [-0.1, -0.05) is 65.8 Å². The Morgan fingerprint density at radius 2 is 1.39 bits per heavy atom. The summed E-state index contributed by atoms with van der Waals surface area (Å²) in [6.07, 6.45) is 0. The molecule has 0 fully saturated rings. The van der Waals surface area contributed by atoms with Crippen molar-refractivity contribution in [2.24, 2.45) is 0 Å². The first kappa shape index (κ1) is 22.4. The Balaban J connectivity index is 1.97. The molecular formula is C27H31NO3. The second-order valence-electron chi connectivity index (χ2n) is 9.85. The van der Waals surface area contributed by atoms with Crippen LogP contribution in [0.5, 0.6) is 17.2 Å². The monoisotopic (exact) mass is 417 g/mol. The van der Waals surface area contributed by atoms with Gasteiger partial charge in [-0.15, -0.1) is 0 Å². The molecule has 3 aromatic rings. The van der Waals surface area contributed by atoms with E-state index in [0.29, 0.717) is 11.5 Å². The third-order valence-corrected chi connectivity index (χ3v) is 5.10. The van der Waals surface area contributed by atoms with E-state index in [0.717, 1.165) is 16.8 Å². The standard InChI is InChI=1S/C27H31NO3/c1-26(2,3)18-14-19(27(4,5)6)16-20(15-18)28-25(30)23-17-21(29)12-13-24(23)31-22-10-8-7-9-11-22/h7-17,29H,1-6H3,(H,28,30). The number of rotatable bonds is 4. The maximum atomic E-state index is 13.2. The van der Waals surface area contributed by atoms with E-state index in [1.807, 2.05) is 42.5 Å². The Labute approximate surface area is 184 Å². The van der Waals surface area contributed by atoms with Gasteiger partial charge in [-0.3, -0.25) is 4.79 Å². The maximum absolute atomic E-state index is 13.2. The lowest BCUT2D eigenvalue weighted by atomic mass is 9.80. The normalized spacial score (nSPS) is 11.8. The highest BCUT2D eigenvalue weighted by Gasteiger charge is 2.22. The lowest BCUT2D eigenvalue weighted by Crippen LogP contribution is -2.19. The van der Waals surface area contributed by atoms with E-state index in [1.165, 1.54) is 12.1 Å². The number of phenols is 1. The lowest BCUT2D eigenvalue weighted by Gasteiger charge is -2.26. The first-order valence-corrected chi connectivity index (χ1v) is 10.5. The Morgan fingerprint density at radius 1 is 0.806 bits per heavy atom. The SMILES string of the molecule is CC(C)(C)c1cc(NC(=O)c2cc(O)ccc2Oc2ccccc2)cc(C(C)(C)C)c1. The molecule has 3 aromatic carbocycles. The van der Waals surface area contributed by atoms with Gasteiger partial charge in [0.25, 0.3) is 5.91 Å². The van der Waals surface area contributed by atoms with Gasteiger partial charge in [0.05, 0.1) is 5.56 Å². The summed E-state index contributed by atoms with van der Waals surface area (Å²) in [7, 11) is 0. The number of para-hydroxylation sites is 1. The van der Waals surface area contributed by atoms with Crippen molar-refractivity contribution in [1.82, 2.24) is 0 Å². The van der Waals surface area contributed by atoms with Crippen molar-refractivity contribution in [3.63, 3.8) is 0 Å². The molecule has 3 rings (SSSR count). The van der Waals surface area contributed by atoms with Crippen molar-refractivity contribution in [1.29, 1.82) is 0 Å². The minimum absolute atomic E-state index is 0.00406. The van der Waals surface area contributed by atoms with Crippen molar-refractivity contribution < 1.29 is 14.6 Å². The molecule has 0 bridgehead atoms. The van der Waals surface area contributed by atoms with Gasteiger partial charge in [0.15, 0.2) is 0 Å². The first-order valence-electron chi connectivity index (χ1n) is 10.5. The van der Waals surface area contributed by atoms with Crippen molar-refractivity contribution in [2.45, 2.75) is 52.4 Å². The summed E-state index contributed by atoms with van der Waals surface area (Å²) in [5, 5.41) is 13.0. The Bertz CT molecular complexity index is 1040. The number of amides is 1. The van der Waals surface area contributed by atoms with E-state index in [1.54, 1.807) is 6.07 Å². The average Bonchev–Trinajstić information content (AvgIpc) is 2.68. The van der Waals surface area contributed by atoms with Crippen LogP contribution in [-0.4, -0.2) is 11.0 Å². The molecule has 0 heterocycles. The highest BCUT2D eigenvalue weighted by molar-refractivity contribution is 6.06. The number of hydrogen-bond acceptors (Lipinski definition) is 3. The Morgan fingerprint density at radius 3 is 1.94 bits per heavy atom. The summed E-state index contributed by atoms with van der Waals surface area (Å²) < 4.78 is 5.91. The minimum atomic E-state index is -0.340. The predicted molar refractivity (Wildman–Crippen MR) is 126 cm³/mol. The van der Waals surface area contributed by atoms with Gasteiger partial charge in [-0.25, -0.2) is 0 Å². The second kappa shape index (κ2) is 8.46. The van der Waals surface area contributed by atoms with Gasteiger partial charge < -0.3 is 15.2 Å². The summed E-state index contributed by atoms with van der Waals surface area (Å²) in [5.41, 5.74) is 3.15. The van der Waals surface area contributed by atoms with Gasteiger partial charge in [0.1, 0.15) is 17.2 Å². The van der Waals surface area contributed by atoms with Crippen molar-refractivity contribution in [2.75, 3.05) is 5.32 Å². The van der Waals surface area contributed by atoms with Crippen molar-refractivity contribution >= 4 is 11.6 Å². The molecule has 162 valence electrons. The van der Waals surface area contributed by atoms with E-state index in [2.05, 4.69) is 52.9 Å². The number of ether oxygens (including phenoxy) is 1. The van der Waals surface area contributed by atoms with Crippen molar-refractivity contribution in [3.8, 4) is 17.2 Å².